The zero-order valence-corrected chi connectivity index (χ0v) is 17.3. The molecule has 0 aliphatic carbocycles. The molecule has 1 aliphatic heterocycles. The van der Waals surface area contributed by atoms with Gasteiger partial charge >= 0.3 is 12.1 Å². The second kappa shape index (κ2) is 10.2. The molecule has 0 bridgehead atoms. The maximum Gasteiger partial charge on any atom is 0.324 e. The van der Waals surface area contributed by atoms with Crippen LogP contribution in [0.2, 0.25) is 0 Å². The van der Waals surface area contributed by atoms with Gasteiger partial charge in [-0.1, -0.05) is 42.5 Å². The van der Waals surface area contributed by atoms with Gasteiger partial charge in [0.25, 0.3) is 0 Å². The van der Waals surface area contributed by atoms with Crippen molar-refractivity contribution in [2.24, 2.45) is 0 Å². The van der Waals surface area contributed by atoms with Crippen molar-refractivity contribution >= 4 is 29.6 Å². The lowest BCUT2D eigenvalue weighted by molar-refractivity contribution is -0.125. The highest BCUT2D eigenvalue weighted by molar-refractivity contribution is 6.01. The number of hydrogen-bond donors (Lipinski definition) is 3. The van der Waals surface area contributed by atoms with Crippen molar-refractivity contribution in [2.45, 2.75) is 19.5 Å². The van der Waals surface area contributed by atoms with Crippen molar-refractivity contribution in [3.8, 4) is 0 Å². The summed E-state index contributed by atoms with van der Waals surface area (Å²) >= 11 is 0. The Morgan fingerprint density at radius 3 is 2.52 bits per heavy atom. The fourth-order valence-electron chi connectivity index (χ4n) is 3.12. The summed E-state index contributed by atoms with van der Waals surface area (Å²) in [6.45, 7) is 0.814. The molecule has 0 radical (unpaired) electrons. The van der Waals surface area contributed by atoms with Crippen LogP contribution in [0.3, 0.4) is 0 Å². The Labute approximate surface area is 180 Å². The van der Waals surface area contributed by atoms with Crippen molar-refractivity contribution in [3.63, 3.8) is 0 Å². The van der Waals surface area contributed by atoms with Gasteiger partial charge in [0, 0.05) is 32.2 Å². The first-order valence-electron chi connectivity index (χ1n) is 9.92. The zero-order chi connectivity index (χ0) is 22.2. The number of nitrogens with one attached hydrogen (secondary N) is 3. The molecule has 0 atom stereocenters. The summed E-state index contributed by atoms with van der Waals surface area (Å²) in [5, 5.41) is 7.96. The van der Waals surface area contributed by atoms with E-state index in [0.717, 1.165) is 16.0 Å². The van der Waals surface area contributed by atoms with Crippen LogP contribution < -0.4 is 16.0 Å². The smallest absolute Gasteiger partial charge is 0.324 e. The van der Waals surface area contributed by atoms with Crippen molar-refractivity contribution in [3.05, 3.63) is 65.7 Å². The molecule has 1 saturated heterocycles. The van der Waals surface area contributed by atoms with Gasteiger partial charge in [0.05, 0.1) is 13.1 Å². The Balaban J connectivity index is 1.43. The molecule has 0 spiro atoms. The number of nitrogens with zero attached hydrogens (tertiary/aromatic N) is 2. The van der Waals surface area contributed by atoms with Crippen LogP contribution in [-0.2, 0) is 22.7 Å². The highest BCUT2D eigenvalue weighted by atomic mass is 16.2. The lowest BCUT2D eigenvalue weighted by Gasteiger charge is -2.18. The first-order valence-corrected chi connectivity index (χ1v) is 9.92. The summed E-state index contributed by atoms with van der Waals surface area (Å²) in [5.74, 6) is -0.537. The van der Waals surface area contributed by atoms with Crippen LogP contribution in [0.1, 0.15) is 17.5 Å². The maximum absolute atomic E-state index is 12.2. The van der Waals surface area contributed by atoms with Gasteiger partial charge in [0.1, 0.15) is 0 Å². The Hall–Kier alpha value is -3.88. The third-order valence-corrected chi connectivity index (χ3v) is 4.73. The molecule has 162 valence electrons. The van der Waals surface area contributed by atoms with E-state index < -0.39 is 6.03 Å². The number of rotatable bonds is 8. The van der Waals surface area contributed by atoms with Crippen LogP contribution in [0, 0.1) is 0 Å². The molecule has 0 unspecified atom stereocenters. The van der Waals surface area contributed by atoms with Gasteiger partial charge in [0.2, 0.25) is 11.8 Å². The number of carbonyl (C=O) groups is 4. The first-order chi connectivity index (χ1) is 14.9. The molecule has 3 rings (SSSR count). The van der Waals surface area contributed by atoms with Gasteiger partial charge in [-0.3, -0.25) is 14.5 Å². The molecule has 3 N–H and O–H groups in total. The minimum Gasteiger partial charge on any atom is -0.337 e. The summed E-state index contributed by atoms with van der Waals surface area (Å²) in [6, 6.07) is 15.9. The monoisotopic (exact) mass is 423 g/mol. The molecule has 9 heteroatoms. The number of urea groups is 2. The van der Waals surface area contributed by atoms with E-state index in [1.54, 1.807) is 36.2 Å². The van der Waals surface area contributed by atoms with E-state index in [2.05, 4.69) is 16.0 Å². The lowest BCUT2D eigenvalue weighted by atomic mass is 10.2. The molecule has 31 heavy (non-hydrogen) atoms. The molecule has 1 heterocycles. The van der Waals surface area contributed by atoms with E-state index in [0.29, 0.717) is 12.2 Å². The quantitative estimate of drug-likeness (QED) is 0.563. The van der Waals surface area contributed by atoms with Crippen molar-refractivity contribution in [2.75, 3.05) is 25.5 Å². The number of hydrogen-bond acceptors (Lipinski definition) is 4. The molecule has 0 saturated carbocycles. The Bertz CT molecular complexity index is 947. The van der Waals surface area contributed by atoms with Crippen molar-refractivity contribution in [1.82, 2.24) is 20.4 Å². The van der Waals surface area contributed by atoms with Crippen LogP contribution in [-0.4, -0.2) is 53.8 Å². The summed E-state index contributed by atoms with van der Waals surface area (Å²) in [4.78, 5) is 50.4. The summed E-state index contributed by atoms with van der Waals surface area (Å²) < 4.78 is 0. The number of benzene rings is 2. The fourth-order valence-corrected chi connectivity index (χ4v) is 3.12. The predicted octanol–water partition coefficient (Wildman–Crippen LogP) is 1.91. The van der Waals surface area contributed by atoms with Crippen molar-refractivity contribution < 1.29 is 19.2 Å². The highest BCUT2D eigenvalue weighted by Crippen LogP contribution is 2.14. The Morgan fingerprint density at radius 2 is 1.81 bits per heavy atom. The third-order valence-electron chi connectivity index (χ3n) is 4.73. The number of imide groups is 1. The van der Waals surface area contributed by atoms with E-state index >= 15 is 0 Å². The van der Waals surface area contributed by atoms with E-state index in [9.17, 15) is 19.2 Å². The van der Waals surface area contributed by atoms with Gasteiger partial charge in [-0.2, -0.15) is 0 Å². The average Bonchev–Trinajstić information content (AvgIpc) is 3.06. The normalized spacial score (nSPS) is 13.0. The molecular formula is C22H25N5O4. The summed E-state index contributed by atoms with van der Waals surface area (Å²) in [7, 11) is 1.69. The lowest BCUT2D eigenvalue weighted by Crippen LogP contribution is -2.38. The Morgan fingerprint density at radius 1 is 1.06 bits per heavy atom. The average molecular weight is 423 g/mol. The predicted molar refractivity (Wildman–Crippen MR) is 115 cm³/mol. The molecule has 1 fully saturated rings. The fraction of sp³-hybridized carbons (Fsp3) is 0.273. The topological polar surface area (TPSA) is 111 Å². The van der Waals surface area contributed by atoms with Crippen molar-refractivity contribution in [1.29, 1.82) is 0 Å². The molecular weight excluding hydrogens is 398 g/mol. The largest absolute Gasteiger partial charge is 0.337 e. The van der Waals surface area contributed by atoms with E-state index in [1.165, 1.54) is 0 Å². The zero-order valence-electron chi connectivity index (χ0n) is 17.3. The number of amides is 6. The molecule has 1 aliphatic rings. The standard InChI is InChI=1S/C22H25N5O4/c1-26(14-16-6-3-2-4-7-16)21(30)23-11-10-19(28)25-18-9-5-8-17(12-18)15-27-20(29)13-24-22(27)31/h2-9,12H,10-11,13-15H2,1H3,(H,23,30)(H,24,31)(H,25,28). The third kappa shape index (κ3) is 6.30. The van der Waals surface area contributed by atoms with Crippen LogP contribution in [0.5, 0.6) is 0 Å². The highest BCUT2D eigenvalue weighted by Gasteiger charge is 2.28. The molecule has 2 aromatic rings. The van der Waals surface area contributed by atoms with Gasteiger partial charge in [-0.25, -0.2) is 9.59 Å². The van der Waals surface area contributed by atoms with E-state index in [-0.39, 0.29) is 43.9 Å². The minimum absolute atomic E-state index is 0.00151. The van der Waals surface area contributed by atoms with E-state index in [4.69, 9.17) is 0 Å². The molecule has 2 aromatic carbocycles. The summed E-state index contributed by atoms with van der Waals surface area (Å²) in [6.07, 6.45) is 0.113. The maximum atomic E-state index is 12.2. The van der Waals surface area contributed by atoms with Gasteiger partial charge in [-0.15, -0.1) is 0 Å². The number of carbonyl (C=O) groups excluding carboxylic acids is 4. The second-order valence-corrected chi connectivity index (χ2v) is 7.21. The van der Waals surface area contributed by atoms with Crippen LogP contribution in [0.4, 0.5) is 15.3 Å². The Kier molecular flexibility index (Phi) is 7.21. The first kappa shape index (κ1) is 21.8. The van der Waals surface area contributed by atoms with E-state index in [1.807, 2.05) is 30.3 Å². The van der Waals surface area contributed by atoms with Gasteiger partial charge in [-0.05, 0) is 23.3 Å². The number of anilines is 1. The van der Waals surface area contributed by atoms with Crippen LogP contribution in [0.25, 0.3) is 0 Å². The minimum atomic E-state index is -0.424. The molecule has 0 aromatic heterocycles. The van der Waals surface area contributed by atoms with Gasteiger partial charge in [0.15, 0.2) is 0 Å². The van der Waals surface area contributed by atoms with Gasteiger partial charge < -0.3 is 20.9 Å². The summed E-state index contributed by atoms with van der Waals surface area (Å²) in [5.41, 5.74) is 2.30. The van der Waals surface area contributed by atoms with Crippen LogP contribution >= 0.6 is 0 Å². The molecule has 9 nitrogen and oxygen atoms in total. The SMILES string of the molecule is CN(Cc1ccccc1)C(=O)NCCC(=O)Nc1cccc(CN2C(=O)CNC2=O)c1. The van der Waals surface area contributed by atoms with Crippen LogP contribution in [0.15, 0.2) is 54.6 Å². The second-order valence-electron chi connectivity index (χ2n) is 7.21. The molecule has 6 amide bonds.